The van der Waals surface area contributed by atoms with E-state index < -0.39 is 24.1 Å². The smallest absolute Gasteiger partial charge is 0.238 e. The van der Waals surface area contributed by atoms with Crippen molar-refractivity contribution in [2.45, 2.75) is 6.42 Å². The van der Waals surface area contributed by atoms with Crippen molar-refractivity contribution in [3.8, 4) is 23.1 Å². The maximum Gasteiger partial charge on any atom is 0.238 e. The van der Waals surface area contributed by atoms with Crippen LogP contribution in [0.1, 0.15) is 6.42 Å². The molecule has 0 aliphatic heterocycles. The average Bonchev–Trinajstić information content (AvgIpc) is 2.86. The van der Waals surface area contributed by atoms with Crippen LogP contribution in [-0.4, -0.2) is 36.0 Å². The van der Waals surface area contributed by atoms with Crippen LogP contribution >= 0.6 is 11.6 Å². The standard InChI is InChI=1S/C25H20ClFN4O5/c1-34-20-8-7-17-19(9-10-28-23(17)24(20)35-2)36-25-18(26)11-16(13-29-25)31-22(33)12-21(32)30-15-5-3-14(27)4-6-15/h3-11,13H,12H2,1-2H3,(H,30,32)(H,31,33). The first-order valence-corrected chi connectivity index (χ1v) is 10.9. The lowest BCUT2D eigenvalue weighted by molar-refractivity contribution is -0.123. The van der Waals surface area contributed by atoms with Crippen LogP contribution in [0.4, 0.5) is 15.8 Å². The zero-order valence-electron chi connectivity index (χ0n) is 19.2. The van der Waals surface area contributed by atoms with Gasteiger partial charge in [0.05, 0.1) is 26.1 Å². The number of aromatic nitrogens is 2. The van der Waals surface area contributed by atoms with Crippen molar-refractivity contribution in [3.05, 3.63) is 71.8 Å². The molecule has 4 rings (SSSR count). The summed E-state index contributed by atoms with van der Waals surface area (Å²) in [5, 5.41) is 5.85. The highest BCUT2D eigenvalue weighted by molar-refractivity contribution is 6.32. The molecule has 0 aliphatic carbocycles. The molecular formula is C25H20ClFN4O5. The van der Waals surface area contributed by atoms with E-state index in [0.29, 0.717) is 33.8 Å². The molecule has 0 saturated heterocycles. The van der Waals surface area contributed by atoms with Gasteiger partial charge in [0.25, 0.3) is 0 Å². The summed E-state index contributed by atoms with van der Waals surface area (Å²) in [5.41, 5.74) is 1.19. The van der Waals surface area contributed by atoms with E-state index in [4.69, 9.17) is 25.8 Å². The second-order valence-corrected chi connectivity index (χ2v) is 7.81. The van der Waals surface area contributed by atoms with Gasteiger partial charge < -0.3 is 24.8 Å². The summed E-state index contributed by atoms with van der Waals surface area (Å²) in [7, 11) is 3.05. The first-order valence-electron chi connectivity index (χ1n) is 10.6. The molecule has 0 saturated carbocycles. The minimum Gasteiger partial charge on any atom is -0.493 e. The van der Waals surface area contributed by atoms with Crippen molar-refractivity contribution in [2.24, 2.45) is 0 Å². The van der Waals surface area contributed by atoms with Crippen LogP contribution < -0.4 is 24.8 Å². The van der Waals surface area contributed by atoms with Crippen molar-refractivity contribution in [1.29, 1.82) is 0 Å². The molecule has 2 heterocycles. The molecule has 2 aromatic carbocycles. The van der Waals surface area contributed by atoms with E-state index in [1.807, 2.05) is 0 Å². The minimum absolute atomic E-state index is 0.103. The molecular weight excluding hydrogens is 491 g/mol. The fourth-order valence-electron chi connectivity index (χ4n) is 3.36. The fraction of sp³-hybridized carbons (Fsp3) is 0.120. The van der Waals surface area contributed by atoms with Gasteiger partial charge in [-0.15, -0.1) is 0 Å². The number of hydrogen-bond acceptors (Lipinski definition) is 7. The van der Waals surface area contributed by atoms with Crippen LogP contribution in [0.2, 0.25) is 5.02 Å². The number of benzene rings is 2. The largest absolute Gasteiger partial charge is 0.493 e. The summed E-state index contributed by atoms with van der Waals surface area (Å²) in [6, 6.07) is 11.8. The van der Waals surface area contributed by atoms with Gasteiger partial charge >= 0.3 is 0 Å². The van der Waals surface area contributed by atoms with Gasteiger partial charge in [-0.1, -0.05) is 11.6 Å². The lowest BCUT2D eigenvalue weighted by Crippen LogP contribution is -2.21. The van der Waals surface area contributed by atoms with Gasteiger partial charge in [-0.2, -0.15) is 0 Å². The number of halogens is 2. The summed E-state index contributed by atoms with van der Waals surface area (Å²) in [6.45, 7) is 0. The third-order valence-electron chi connectivity index (χ3n) is 4.96. The molecule has 0 unspecified atom stereocenters. The lowest BCUT2D eigenvalue weighted by Gasteiger charge is -2.13. The monoisotopic (exact) mass is 510 g/mol. The number of methoxy groups -OCH3 is 2. The Morgan fingerprint density at radius 1 is 0.917 bits per heavy atom. The van der Waals surface area contributed by atoms with Crippen molar-refractivity contribution < 1.29 is 28.2 Å². The average molecular weight is 511 g/mol. The Bertz CT molecular complexity index is 1430. The van der Waals surface area contributed by atoms with Gasteiger partial charge in [0.2, 0.25) is 17.7 Å². The van der Waals surface area contributed by atoms with Crippen LogP contribution in [0.5, 0.6) is 23.1 Å². The Labute approximate surface area is 210 Å². The number of ether oxygens (including phenoxy) is 3. The number of nitrogens with zero attached hydrogens (tertiary/aromatic N) is 2. The number of hydrogen-bond donors (Lipinski definition) is 2. The van der Waals surface area contributed by atoms with Gasteiger partial charge in [-0.25, -0.2) is 9.37 Å². The second kappa shape index (κ2) is 10.9. The van der Waals surface area contributed by atoms with Gasteiger partial charge in [0.15, 0.2) is 11.5 Å². The third kappa shape index (κ3) is 5.61. The number of carbonyl (C=O) groups excluding carboxylic acids is 2. The molecule has 11 heteroatoms. The third-order valence-corrected chi connectivity index (χ3v) is 5.23. The molecule has 4 aromatic rings. The number of carbonyl (C=O) groups is 2. The minimum atomic E-state index is -0.581. The molecule has 0 radical (unpaired) electrons. The topological polar surface area (TPSA) is 112 Å². The molecule has 9 nitrogen and oxygen atoms in total. The van der Waals surface area contributed by atoms with Gasteiger partial charge in [-0.3, -0.25) is 14.6 Å². The summed E-state index contributed by atoms with van der Waals surface area (Å²) < 4.78 is 29.6. The SMILES string of the molecule is COc1ccc2c(Oc3ncc(NC(=O)CC(=O)Nc4ccc(F)cc4)cc3Cl)ccnc2c1OC. The molecule has 2 amide bonds. The molecule has 2 aromatic heterocycles. The Morgan fingerprint density at radius 3 is 2.31 bits per heavy atom. The first kappa shape index (κ1) is 24.7. The number of pyridine rings is 2. The van der Waals surface area contributed by atoms with Crippen molar-refractivity contribution in [3.63, 3.8) is 0 Å². The molecule has 0 bridgehead atoms. The first-order chi connectivity index (χ1) is 17.4. The zero-order chi connectivity index (χ0) is 25.7. The predicted molar refractivity (Wildman–Crippen MR) is 132 cm³/mol. The normalized spacial score (nSPS) is 10.6. The Balaban J connectivity index is 1.44. The van der Waals surface area contributed by atoms with Gasteiger partial charge in [0.1, 0.15) is 28.5 Å². The van der Waals surface area contributed by atoms with Crippen molar-refractivity contribution in [1.82, 2.24) is 9.97 Å². The summed E-state index contributed by atoms with van der Waals surface area (Å²) >= 11 is 6.34. The van der Waals surface area contributed by atoms with Gasteiger partial charge in [-0.05, 0) is 48.5 Å². The maximum atomic E-state index is 13.0. The van der Waals surface area contributed by atoms with E-state index in [0.717, 1.165) is 0 Å². The van der Waals surface area contributed by atoms with E-state index in [2.05, 4.69) is 20.6 Å². The number of anilines is 2. The van der Waals surface area contributed by atoms with E-state index in [-0.39, 0.29) is 16.6 Å². The maximum absolute atomic E-state index is 13.0. The van der Waals surface area contributed by atoms with E-state index >= 15 is 0 Å². The molecule has 0 atom stereocenters. The summed E-state index contributed by atoms with van der Waals surface area (Å²) in [5.74, 6) is -0.0504. The summed E-state index contributed by atoms with van der Waals surface area (Å²) in [4.78, 5) is 32.9. The quantitative estimate of drug-likeness (QED) is 0.313. The highest BCUT2D eigenvalue weighted by atomic mass is 35.5. The second-order valence-electron chi connectivity index (χ2n) is 7.40. The highest BCUT2D eigenvalue weighted by Crippen LogP contribution is 2.39. The number of rotatable bonds is 8. The molecule has 0 spiro atoms. The molecule has 0 aliphatic rings. The fourth-order valence-corrected chi connectivity index (χ4v) is 3.56. The Morgan fingerprint density at radius 2 is 1.64 bits per heavy atom. The Hall–Kier alpha value is -4.44. The molecule has 36 heavy (non-hydrogen) atoms. The number of fused-ring (bicyclic) bond motifs is 1. The van der Waals surface area contributed by atoms with Crippen LogP contribution in [0.25, 0.3) is 10.9 Å². The van der Waals surface area contributed by atoms with Crippen molar-refractivity contribution >= 4 is 45.7 Å². The number of nitrogens with one attached hydrogen (secondary N) is 2. The molecule has 2 N–H and O–H groups in total. The van der Waals surface area contributed by atoms with Crippen LogP contribution in [0, 0.1) is 5.82 Å². The van der Waals surface area contributed by atoms with Gasteiger partial charge in [0, 0.05) is 17.3 Å². The highest BCUT2D eigenvalue weighted by Gasteiger charge is 2.16. The summed E-state index contributed by atoms with van der Waals surface area (Å²) in [6.07, 6.45) is 2.45. The van der Waals surface area contributed by atoms with E-state index in [1.54, 1.807) is 24.4 Å². The van der Waals surface area contributed by atoms with Crippen LogP contribution in [0.3, 0.4) is 0 Å². The molecule has 184 valence electrons. The molecule has 0 fully saturated rings. The zero-order valence-corrected chi connectivity index (χ0v) is 19.9. The van der Waals surface area contributed by atoms with Crippen molar-refractivity contribution in [2.75, 3.05) is 24.9 Å². The number of amides is 2. The van der Waals surface area contributed by atoms with Crippen LogP contribution in [-0.2, 0) is 9.59 Å². The van der Waals surface area contributed by atoms with E-state index in [9.17, 15) is 14.0 Å². The van der Waals surface area contributed by atoms with E-state index in [1.165, 1.54) is 50.7 Å². The Kier molecular flexibility index (Phi) is 7.45. The lowest BCUT2D eigenvalue weighted by atomic mass is 10.1. The van der Waals surface area contributed by atoms with Crippen LogP contribution in [0.15, 0.2) is 60.9 Å². The predicted octanol–water partition coefficient (Wildman–Crippen LogP) is 5.20.